The normalized spacial score (nSPS) is 11.0. The van der Waals surface area contributed by atoms with E-state index in [9.17, 15) is 0 Å². The number of nitrogens with two attached hydrogens (primary N) is 1. The van der Waals surface area contributed by atoms with Gasteiger partial charge in [-0.2, -0.15) is 5.10 Å². The summed E-state index contributed by atoms with van der Waals surface area (Å²) in [5.41, 5.74) is 9.02. The molecule has 0 unspecified atom stereocenters. The first-order valence-corrected chi connectivity index (χ1v) is 6.56. The molecule has 19 heavy (non-hydrogen) atoms. The van der Waals surface area contributed by atoms with Crippen molar-refractivity contribution in [3.63, 3.8) is 0 Å². The van der Waals surface area contributed by atoms with Gasteiger partial charge >= 0.3 is 0 Å². The molecule has 0 radical (unpaired) electrons. The third-order valence-electron chi connectivity index (χ3n) is 3.18. The zero-order valence-electron chi connectivity index (χ0n) is 11.8. The van der Waals surface area contributed by atoms with Gasteiger partial charge in [0.2, 0.25) is 0 Å². The molecule has 0 aliphatic rings. The molecule has 1 heterocycles. The molecule has 0 saturated heterocycles. The molecule has 2 aromatic rings. The Bertz CT molecular complexity index is 546. The lowest BCUT2D eigenvalue weighted by Crippen LogP contribution is -2.09. The van der Waals surface area contributed by atoms with Gasteiger partial charge in [-0.1, -0.05) is 19.9 Å². The lowest BCUT2D eigenvalue weighted by Gasteiger charge is -2.13. The fourth-order valence-corrected chi connectivity index (χ4v) is 2.13. The molecule has 1 aromatic carbocycles. The number of ether oxygens (including phenoxy) is 1. The highest BCUT2D eigenvalue weighted by molar-refractivity contribution is 5.64. The van der Waals surface area contributed by atoms with Crippen LogP contribution < -0.4 is 10.5 Å². The van der Waals surface area contributed by atoms with Crippen LogP contribution in [0.3, 0.4) is 0 Å². The van der Waals surface area contributed by atoms with Crippen LogP contribution in [-0.4, -0.2) is 23.4 Å². The monoisotopic (exact) mass is 259 g/mol. The fraction of sp³-hybridized carbons (Fsp3) is 0.400. The first-order valence-electron chi connectivity index (χ1n) is 6.56. The first kappa shape index (κ1) is 13.6. The largest absolute Gasteiger partial charge is 0.496 e. The number of nitrogens with zero attached hydrogens (tertiary/aromatic N) is 2. The summed E-state index contributed by atoms with van der Waals surface area (Å²) >= 11 is 0. The maximum absolute atomic E-state index is 5.53. The molecule has 0 aliphatic heterocycles. The lowest BCUT2D eigenvalue weighted by atomic mass is 9.97. The van der Waals surface area contributed by atoms with Gasteiger partial charge in [0.1, 0.15) is 5.75 Å². The Hall–Kier alpha value is -1.81. The molecule has 0 spiro atoms. The summed E-state index contributed by atoms with van der Waals surface area (Å²) < 4.78 is 7.27. The van der Waals surface area contributed by atoms with E-state index in [1.54, 1.807) is 7.11 Å². The average Bonchev–Trinajstić information content (AvgIpc) is 2.87. The van der Waals surface area contributed by atoms with E-state index in [-0.39, 0.29) is 0 Å². The number of hydrogen-bond donors (Lipinski definition) is 1. The predicted molar refractivity (Wildman–Crippen MR) is 77.4 cm³/mol. The second kappa shape index (κ2) is 5.89. The zero-order valence-corrected chi connectivity index (χ0v) is 11.8. The fourth-order valence-electron chi connectivity index (χ4n) is 2.13. The minimum absolute atomic E-state index is 0.425. The summed E-state index contributed by atoms with van der Waals surface area (Å²) in [6.45, 7) is 5.67. The third kappa shape index (κ3) is 2.96. The highest BCUT2D eigenvalue weighted by atomic mass is 16.5. The van der Waals surface area contributed by atoms with E-state index in [0.717, 1.165) is 23.4 Å². The summed E-state index contributed by atoms with van der Waals surface area (Å²) in [6.07, 6.45) is 3.90. The maximum atomic E-state index is 5.53. The van der Waals surface area contributed by atoms with Crippen molar-refractivity contribution in [2.75, 3.05) is 13.7 Å². The number of hydrogen-bond acceptors (Lipinski definition) is 3. The molecule has 0 amide bonds. The third-order valence-corrected chi connectivity index (χ3v) is 3.18. The Morgan fingerprint density at radius 2 is 2.11 bits per heavy atom. The van der Waals surface area contributed by atoms with Gasteiger partial charge in [-0.3, -0.25) is 4.68 Å². The van der Waals surface area contributed by atoms with Crippen LogP contribution in [-0.2, 0) is 6.54 Å². The van der Waals surface area contributed by atoms with E-state index < -0.39 is 0 Å². The van der Waals surface area contributed by atoms with Crippen molar-refractivity contribution in [2.45, 2.75) is 26.3 Å². The molecular formula is C15H21N3O. The smallest absolute Gasteiger partial charge is 0.122 e. The Kier molecular flexibility index (Phi) is 4.22. The molecule has 4 nitrogen and oxygen atoms in total. The molecule has 2 rings (SSSR count). The van der Waals surface area contributed by atoms with Crippen molar-refractivity contribution in [1.82, 2.24) is 9.78 Å². The van der Waals surface area contributed by atoms with Gasteiger partial charge < -0.3 is 10.5 Å². The van der Waals surface area contributed by atoms with Gasteiger partial charge in [-0.05, 0) is 29.2 Å². The van der Waals surface area contributed by atoms with Gasteiger partial charge in [0.25, 0.3) is 0 Å². The molecule has 2 N–H and O–H groups in total. The Balaban J connectivity index is 2.36. The van der Waals surface area contributed by atoms with Gasteiger partial charge in [0.15, 0.2) is 0 Å². The zero-order chi connectivity index (χ0) is 13.8. The number of rotatable bonds is 5. The van der Waals surface area contributed by atoms with E-state index in [1.807, 2.05) is 23.1 Å². The van der Waals surface area contributed by atoms with Crippen LogP contribution in [0.15, 0.2) is 30.6 Å². The molecule has 4 heteroatoms. The number of methoxy groups -OCH3 is 1. The second-order valence-electron chi connectivity index (χ2n) is 4.89. The molecule has 0 fully saturated rings. The van der Waals surface area contributed by atoms with Crippen molar-refractivity contribution in [3.8, 4) is 16.9 Å². The molecule has 0 atom stereocenters. The topological polar surface area (TPSA) is 53.1 Å². The molecule has 102 valence electrons. The molecule has 0 aliphatic carbocycles. The molecular weight excluding hydrogens is 238 g/mol. The highest BCUT2D eigenvalue weighted by Gasteiger charge is 2.10. The average molecular weight is 259 g/mol. The van der Waals surface area contributed by atoms with E-state index in [1.165, 1.54) is 5.56 Å². The van der Waals surface area contributed by atoms with Crippen LogP contribution in [0, 0.1) is 0 Å². The quantitative estimate of drug-likeness (QED) is 0.898. The van der Waals surface area contributed by atoms with E-state index in [0.29, 0.717) is 12.5 Å². The Morgan fingerprint density at radius 1 is 1.32 bits per heavy atom. The summed E-state index contributed by atoms with van der Waals surface area (Å²) in [5, 5.41) is 4.30. The molecule has 0 saturated carbocycles. The second-order valence-corrected chi connectivity index (χ2v) is 4.89. The van der Waals surface area contributed by atoms with Gasteiger partial charge in [-0.15, -0.1) is 0 Å². The predicted octanol–water partition coefficient (Wildman–Crippen LogP) is 2.64. The van der Waals surface area contributed by atoms with Crippen LogP contribution in [0.25, 0.3) is 11.1 Å². The summed E-state index contributed by atoms with van der Waals surface area (Å²) in [7, 11) is 1.71. The van der Waals surface area contributed by atoms with E-state index in [4.69, 9.17) is 10.5 Å². The first-order chi connectivity index (χ1) is 9.15. The van der Waals surface area contributed by atoms with Crippen LogP contribution in [0.2, 0.25) is 0 Å². The van der Waals surface area contributed by atoms with Crippen molar-refractivity contribution >= 4 is 0 Å². The maximum Gasteiger partial charge on any atom is 0.122 e. The van der Waals surface area contributed by atoms with Crippen molar-refractivity contribution in [2.24, 2.45) is 5.73 Å². The van der Waals surface area contributed by atoms with E-state index in [2.05, 4.69) is 31.1 Å². The van der Waals surface area contributed by atoms with Crippen molar-refractivity contribution in [3.05, 3.63) is 36.2 Å². The van der Waals surface area contributed by atoms with Crippen LogP contribution in [0.1, 0.15) is 25.3 Å². The van der Waals surface area contributed by atoms with Crippen LogP contribution in [0.4, 0.5) is 0 Å². The van der Waals surface area contributed by atoms with Gasteiger partial charge in [0, 0.05) is 18.3 Å². The Labute approximate surface area is 114 Å². The minimum Gasteiger partial charge on any atom is -0.496 e. The van der Waals surface area contributed by atoms with Crippen molar-refractivity contribution in [1.29, 1.82) is 0 Å². The lowest BCUT2D eigenvalue weighted by molar-refractivity contribution is 0.407. The Morgan fingerprint density at radius 3 is 2.74 bits per heavy atom. The standard InChI is InChI=1S/C15H21N3O/c1-11(2)14-8-12(4-5-15(14)19-3)13-9-17-18(10-13)7-6-16/h4-5,8-11H,6-7,16H2,1-3H3. The summed E-state index contributed by atoms with van der Waals surface area (Å²) in [5.74, 6) is 1.36. The summed E-state index contributed by atoms with van der Waals surface area (Å²) in [6, 6.07) is 6.26. The van der Waals surface area contributed by atoms with E-state index >= 15 is 0 Å². The van der Waals surface area contributed by atoms with Crippen molar-refractivity contribution < 1.29 is 4.74 Å². The van der Waals surface area contributed by atoms with Gasteiger partial charge in [0.05, 0.1) is 19.9 Å². The SMILES string of the molecule is COc1ccc(-c2cnn(CCN)c2)cc1C(C)C. The summed E-state index contributed by atoms with van der Waals surface area (Å²) in [4.78, 5) is 0. The van der Waals surface area contributed by atoms with Gasteiger partial charge in [-0.25, -0.2) is 0 Å². The number of benzene rings is 1. The highest BCUT2D eigenvalue weighted by Crippen LogP contribution is 2.31. The molecule has 0 bridgehead atoms. The number of aromatic nitrogens is 2. The minimum atomic E-state index is 0.425. The molecule has 1 aromatic heterocycles. The van der Waals surface area contributed by atoms with Crippen LogP contribution in [0.5, 0.6) is 5.75 Å². The van der Waals surface area contributed by atoms with Crippen LogP contribution >= 0.6 is 0 Å².